The third-order valence-electron chi connectivity index (χ3n) is 4.84. The Kier molecular flexibility index (Phi) is 4.06. The molecule has 2 aromatic rings. The van der Waals surface area contributed by atoms with Crippen LogP contribution >= 0.6 is 0 Å². The van der Waals surface area contributed by atoms with E-state index in [2.05, 4.69) is 9.82 Å². The van der Waals surface area contributed by atoms with Gasteiger partial charge in [-0.1, -0.05) is 6.07 Å². The van der Waals surface area contributed by atoms with Gasteiger partial charge in [-0.2, -0.15) is 5.10 Å². The van der Waals surface area contributed by atoms with Crippen molar-refractivity contribution in [1.82, 2.24) is 14.5 Å². The van der Waals surface area contributed by atoms with Crippen LogP contribution in [0.15, 0.2) is 23.2 Å². The maximum absolute atomic E-state index is 13.0. The van der Waals surface area contributed by atoms with Crippen LogP contribution in [-0.4, -0.2) is 24.2 Å². The fourth-order valence-electron chi connectivity index (χ4n) is 3.33. The summed E-state index contributed by atoms with van der Waals surface area (Å²) in [6.07, 6.45) is 3.21. The molecule has 0 fully saturated rings. The minimum Gasteiger partial charge on any atom is -0.269 e. The van der Waals surface area contributed by atoms with E-state index in [0.29, 0.717) is 11.3 Å². The highest BCUT2D eigenvalue weighted by Crippen LogP contribution is 2.27. The predicted octanol–water partition coefficient (Wildman–Crippen LogP) is 2.41. The lowest BCUT2D eigenvalue weighted by Gasteiger charge is -2.25. The molecule has 1 unspecified atom stereocenters. The zero-order valence-electron chi connectivity index (χ0n) is 14.0. The summed E-state index contributed by atoms with van der Waals surface area (Å²) < 4.78 is 30.8. The van der Waals surface area contributed by atoms with Gasteiger partial charge in [0.15, 0.2) is 0 Å². The summed E-state index contributed by atoms with van der Waals surface area (Å²) in [7, 11) is -3.53. The Morgan fingerprint density at radius 2 is 1.83 bits per heavy atom. The third-order valence-corrected chi connectivity index (χ3v) is 6.63. The van der Waals surface area contributed by atoms with Crippen molar-refractivity contribution in [1.29, 1.82) is 0 Å². The van der Waals surface area contributed by atoms with E-state index in [1.54, 1.807) is 6.20 Å². The lowest BCUT2D eigenvalue weighted by molar-refractivity contribution is 0.414. The molecular weight excluding hydrogens is 310 g/mol. The molecule has 2 heterocycles. The molecule has 1 aromatic carbocycles. The van der Waals surface area contributed by atoms with Crippen LogP contribution in [-0.2, 0) is 23.0 Å². The maximum Gasteiger partial charge on any atom is 0.241 e. The molecule has 6 heteroatoms. The number of hydrogen-bond donors (Lipinski definition) is 1. The van der Waals surface area contributed by atoms with Gasteiger partial charge in [0.05, 0.1) is 4.90 Å². The first-order valence-corrected chi connectivity index (χ1v) is 9.38. The van der Waals surface area contributed by atoms with Crippen molar-refractivity contribution in [3.63, 3.8) is 0 Å². The monoisotopic (exact) mass is 333 g/mol. The highest BCUT2D eigenvalue weighted by atomic mass is 32.2. The smallest absolute Gasteiger partial charge is 0.241 e. The number of aryl methyl sites for hydroxylation is 3. The van der Waals surface area contributed by atoms with Crippen molar-refractivity contribution in [2.75, 3.05) is 0 Å². The summed E-state index contributed by atoms with van der Waals surface area (Å²) in [5.41, 5.74) is 4.77. The summed E-state index contributed by atoms with van der Waals surface area (Å²) in [5.74, 6) is 0. The highest BCUT2D eigenvalue weighted by Gasteiger charge is 2.27. The Morgan fingerprint density at radius 1 is 1.17 bits per heavy atom. The number of rotatable bonds is 3. The summed E-state index contributed by atoms with van der Waals surface area (Å²) >= 11 is 0. The van der Waals surface area contributed by atoms with Crippen LogP contribution in [0.5, 0.6) is 0 Å². The van der Waals surface area contributed by atoms with Crippen LogP contribution in [0, 0.1) is 27.7 Å². The maximum atomic E-state index is 13.0. The fraction of sp³-hybridized carbons (Fsp3) is 0.471. The van der Waals surface area contributed by atoms with Crippen molar-refractivity contribution < 1.29 is 8.42 Å². The van der Waals surface area contributed by atoms with E-state index in [9.17, 15) is 8.42 Å². The standard InChI is InChI=1S/C17H23N3O2S/c1-11-9-12(2)14(4)17(13(11)3)23(21,22)19-15-6-8-20-16(10-15)5-7-18-20/h5,7,9,15,19H,6,8,10H2,1-4H3. The topological polar surface area (TPSA) is 64.0 Å². The van der Waals surface area contributed by atoms with Gasteiger partial charge in [-0.05, 0) is 62.4 Å². The molecule has 0 saturated heterocycles. The van der Waals surface area contributed by atoms with Gasteiger partial charge in [-0.15, -0.1) is 0 Å². The molecule has 0 amide bonds. The Balaban J connectivity index is 1.92. The number of aromatic nitrogens is 2. The van der Waals surface area contributed by atoms with Gasteiger partial charge in [0.25, 0.3) is 0 Å². The first kappa shape index (κ1) is 16.2. The molecule has 1 atom stereocenters. The zero-order chi connectivity index (χ0) is 16.8. The highest BCUT2D eigenvalue weighted by molar-refractivity contribution is 7.89. The molecule has 0 spiro atoms. The van der Waals surface area contributed by atoms with E-state index in [-0.39, 0.29) is 6.04 Å². The Labute approximate surface area is 137 Å². The van der Waals surface area contributed by atoms with Gasteiger partial charge in [-0.3, -0.25) is 4.68 Å². The van der Waals surface area contributed by atoms with Crippen LogP contribution in [0.3, 0.4) is 0 Å². The second-order valence-corrected chi connectivity index (χ2v) is 8.10. The van der Waals surface area contributed by atoms with Gasteiger partial charge in [0, 0.05) is 30.9 Å². The van der Waals surface area contributed by atoms with Crippen LogP contribution < -0.4 is 4.72 Å². The van der Waals surface area contributed by atoms with Crippen LogP contribution in [0.2, 0.25) is 0 Å². The van der Waals surface area contributed by atoms with Crippen molar-refractivity contribution in [2.24, 2.45) is 0 Å². The van der Waals surface area contributed by atoms with Gasteiger partial charge in [-0.25, -0.2) is 13.1 Å². The molecule has 1 aliphatic rings. The molecule has 5 nitrogen and oxygen atoms in total. The average Bonchev–Trinajstić information content (AvgIpc) is 2.92. The predicted molar refractivity (Wildman–Crippen MR) is 90.0 cm³/mol. The fourth-order valence-corrected chi connectivity index (χ4v) is 5.22. The zero-order valence-corrected chi connectivity index (χ0v) is 14.9. The van der Waals surface area contributed by atoms with Crippen molar-refractivity contribution in [3.8, 4) is 0 Å². The van der Waals surface area contributed by atoms with E-state index < -0.39 is 10.0 Å². The molecular formula is C17H23N3O2S. The van der Waals surface area contributed by atoms with Crippen LogP contribution in [0.25, 0.3) is 0 Å². The summed E-state index contributed by atoms with van der Waals surface area (Å²) in [6, 6.07) is 3.92. The molecule has 23 heavy (non-hydrogen) atoms. The number of fused-ring (bicyclic) bond motifs is 1. The van der Waals surface area contributed by atoms with E-state index in [1.165, 1.54) is 0 Å². The quantitative estimate of drug-likeness (QED) is 0.938. The van der Waals surface area contributed by atoms with E-state index in [0.717, 1.165) is 40.9 Å². The minimum atomic E-state index is -3.53. The minimum absolute atomic E-state index is 0.0798. The van der Waals surface area contributed by atoms with Gasteiger partial charge in [0.1, 0.15) is 0 Å². The van der Waals surface area contributed by atoms with Crippen LogP contribution in [0.1, 0.15) is 34.4 Å². The molecule has 0 aliphatic carbocycles. The summed E-state index contributed by atoms with van der Waals surface area (Å²) in [4.78, 5) is 0.439. The van der Waals surface area contributed by atoms with Gasteiger partial charge >= 0.3 is 0 Å². The van der Waals surface area contributed by atoms with Crippen molar-refractivity contribution >= 4 is 10.0 Å². The number of nitrogens with zero attached hydrogens (tertiary/aromatic N) is 2. The Morgan fingerprint density at radius 3 is 2.48 bits per heavy atom. The number of hydrogen-bond acceptors (Lipinski definition) is 3. The molecule has 1 aliphatic heterocycles. The van der Waals surface area contributed by atoms with E-state index in [4.69, 9.17) is 0 Å². The molecule has 0 saturated carbocycles. The largest absolute Gasteiger partial charge is 0.269 e. The molecule has 1 N–H and O–H groups in total. The average molecular weight is 333 g/mol. The SMILES string of the molecule is Cc1cc(C)c(C)c(S(=O)(=O)NC2CCn3nccc3C2)c1C. The third kappa shape index (κ3) is 2.93. The van der Waals surface area contributed by atoms with Crippen molar-refractivity contribution in [2.45, 2.75) is 58.0 Å². The number of benzene rings is 1. The molecule has 3 rings (SSSR count). The molecule has 0 radical (unpaired) electrons. The van der Waals surface area contributed by atoms with Crippen molar-refractivity contribution in [3.05, 3.63) is 46.3 Å². The first-order valence-electron chi connectivity index (χ1n) is 7.90. The lowest BCUT2D eigenvalue weighted by Crippen LogP contribution is -2.40. The van der Waals surface area contributed by atoms with E-state index >= 15 is 0 Å². The Bertz CT molecular complexity index is 827. The number of nitrogens with one attached hydrogen (secondary N) is 1. The van der Waals surface area contributed by atoms with Gasteiger partial charge in [0.2, 0.25) is 10.0 Å². The summed E-state index contributed by atoms with van der Waals surface area (Å²) in [6.45, 7) is 8.43. The van der Waals surface area contributed by atoms with Crippen LogP contribution in [0.4, 0.5) is 0 Å². The lowest BCUT2D eigenvalue weighted by atomic mass is 10.0. The second kappa shape index (κ2) is 5.76. The first-order chi connectivity index (χ1) is 10.8. The molecule has 0 bridgehead atoms. The number of sulfonamides is 1. The second-order valence-electron chi connectivity index (χ2n) is 6.45. The molecule has 124 valence electrons. The molecule has 1 aromatic heterocycles. The normalized spacial score (nSPS) is 18.0. The summed E-state index contributed by atoms with van der Waals surface area (Å²) in [5, 5.41) is 4.24. The Hall–Kier alpha value is -1.66. The van der Waals surface area contributed by atoms with E-state index in [1.807, 2.05) is 44.5 Å². The van der Waals surface area contributed by atoms with Gasteiger partial charge < -0.3 is 0 Å².